The maximum Gasteiger partial charge on any atom is 0.407 e. The fraction of sp³-hybridized carbons (Fsp3) is 0.900. The molecule has 5 nitrogen and oxygen atoms in total. The van der Waals surface area contributed by atoms with Gasteiger partial charge in [-0.2, -0.15) is 0 Å². The molecule has 0 aliphatic rings. The zero-order valence-electron chi connectivity index (χ0n) is 9.96. The van der Waals surface area contributed by atoms with E-state index in [0.717, 1.165) is 0 Å². The van der Waals surface area contributed by atoms with Crippen LogP contribution in [0, 0.1) is 0 Å². The van der Waals surface area contributed by atoms with Crippen LogP contribution in [-0.2, 0) is 4.74 Å². The molecule has 0 rings (SSSR count). The van der Waals surface area contributed by atoms with Gasteiger partial charge in [-0.3, -0.25) is 0 Å². The minimum Gasteiger partial charge on any atom is -0.444 e. The SMILES string of the molecule is C[C@H](CNCCO)NC(=O)OC(C)(C)C. The Morgan fingerprint density at radius 3 is 2.53 bits per heavy atom. The highest BCUT2D eigenvalue weighted by Gasteiger charge is 2.17. The van der Waals surface area contributed by atoms with Gasteiger partial charge in [-0.15, -0.1) is 0 Å². The highest BCUT2D eigenvalue weighted by Crippen LogP contribution is 2.06. The first-order chi connectivity index (χ1) is 6.85. The molecule has 5 heteroatoms. The summed E-state index contributed by atoms with van der Waals surface area (Å²) in [6.07, 6.45) is -0.416. The molecule has 0 aromatic rings. The van der Waals surface area contributed by atoms with Crippen molar-refractivity contribution in [1.82, 2.24) is 10.6 Å². The van der Waals surface area contributed by atoms with Crippen molar-refractivity contribution in [1.29, 1.82) is 0 Å². The molecule has 0 radical (unpaired) electrons. The number of carbonyl (C=O) groups is 1. The Labute approximate surface area is 91.2 Å². The van der Waals surface area contributed by atoms with Gasteiger partial charge in [0, 0.05) is 19.1 Å². The molecule has 0 aromatic heterocycles. The van der Waals surface area contributed by atoms with Crippen LogP contribution in [0.5, 0.6) is 0 Å². The molecule has 1 amide bonds. The molecule has 0 aliphatic heterocycles. The topological polar surface area (TPSA) is 70.6 Å². The van der Waals surface area contributed by atoms with Crippen LogP contribution in [-0.4, -0.2) is 42.5 Å². The van der Waals surface area contributed by atoms with Gasteiger partial charge >= 0.3 is 6.09 Å². The lowest BCUT2D eigenvalue weighted by atomic mass is 10.2. The molecule has 0 spiro atoms. The molecule has 0 saturated carbocycles. The van der Waals surface area contributed by atoms with Crippen molar-refractivity contribution in [2.24, 2.45) is 0 Å². The Kier molecular flexibility index (Phi) is 6.27. The molecule has 0 aliphatic carbocycles. The van der Waals surface area contributed by atoms with Gasteiger partial charge in [-0.1, -0.05) is 0 Å². The number of ether oxygens (including phenoxy) is 1. The number of rotatable bonds is 5. The maximum absolute atomic E-state index is 11.3. The number of nitrogens with one attached hydrogen (secondary N) is 2. The van der Waals surface area contributed by atoms with Gasteiger partial charge in [0.25, 0.3) is 0 Å². The van der Waals surface area contributed by atoms with Gasteiger partial charge in [-0.25, -0.2) is 4.79 Å². The lowest BCUT2D eigenvalue weighted by Crippen LogP contribution is -2.43. The number of amides is 1. The van der Waals surface area contributed by atoms with Crippen LogP contribution in [0.15, 0.2) is 0 Å². The molecule has 15 heavy (non-hydrogen) atoms. The van der Waals surface area contributed by atoms with Gasteiger partial charge < -0.3 is 20.5 Å². The maximum atomic E-state index is 11.3. The molecule has 1 atom stereocenters. The normalized spacial score (nSPS) is 13.4. The van der Waals surface area contributed by atoms with Crippen LogP contribution >= 0.6 is 0 Å². The largest absolute Gasteiger partial charge is 0.444 e. The molecule has 0 unspecified atom stereocenters. The van der Waals surface area contributed by atoms with E-state index in [0.29, 0.717) is 13.1 Å². The Bertz CT molecular complexity index is 190. The van der Waals surface area contributed by atoms with Crippen molar-refractivity contribution >= 4 is 6.09 Å². The summed E-state index contributed by atoms with van der Waals surface area (Å²) in [5.41, 5.74) is -0.470. The predicted octanol–water partition coefficient (Wildman–Crippen LogP) is 0.481. The van der Waals surface area contributed by atoms with Crippen molar-refractivity contribution in [2.75, 3.05) is 19.7 Å². The van der Waals surface area contributed by atoms with Crippen LogP contribution < -0.4 is 10.6 Å². The van der Waals surface area contributed by atoms with Crippen molar-refractivity contribution in [3.05, 3.63) is 0 Å². The summed E-state index contributed by atoms with van der Waals surface area (Å²) in [7, 11) is 0. The fourth-order valence-electron chi connectivity index (χ4n) is 0.957. The third kappa shape index (κ3) is 9.49. The van der Waals surface area contributed by atoms with Crippen molar-refractivity contribution < 1.29 is 14.6 Å². The number of aliphatic hydroxyl groups is 1. The molecule has 0 heterocycles. The number of hydrogen-bond acceptors (Lipinski definition) is 4. The van der Waals surface area contributed by atoms with E-state index in [4.69, 9.17) is 9.84 Å². The predicted molar refractivity (Wildman–Crippen MR) is 58.8 cm³/mol. The number of alkyl carbamates (subject to hydrolysis) is 1. The molecular formula is C10H22N2O3. The van der Waals surface area contributed by atoms with Gasteiger partial charge in [0.05, 0.1) is 6.61 Å². The Morgan fingerprint density at radius 1 is 1.47 bits per heavy atom. The summed E-state index contributed by atoms with van der Waals surface area (Å²) in [5, 5.41) is 14.2. The molecular weight excluding hydrogens is 196 g/mol. The summed E-state index contributed by atoms with van der Waals surface area (Å²) < 4.78 is 5.09. The molecule has 90 valence electrons. The molecule has 0 saturated heterocycles. The first kappa shape index (κ1) is 14.2. The van der Waals surface area contributed by atoms with Crippen LogP contribution in [0.2, 0.25) is 0 Å². The fourth-order valence-corrected chi connectivity index (χ4v) is 0.957. The number of aliphatic hydroxyl groups excluding tert-OH is 1. The van der Waals surface area contributed by atoms with Crippen LogP contribution in [0.4, 0.5) is 4.79 Å². The summed E-state index contributed by atoms with van der Waals surface area (Å²) >= 11 is 0. The van der Waals surface area contributed by atoms with Gasteiger partial charge in [0.2, 0.25) is 0 Å². The van der Waals surface area contributed by atoms with Crippen molar-refractivity contribution in [3.8, 4) is 0 Å². The van der Waals surface area contributed by atoms with Crippen molar-refractivity contribution in [3.63, 3.8) is 0 Å². The first-order valence-electron chi connectivity index (χ1n) is 5.16. The second kappa shape index (κ2) is 6.63. The second-order valence-electron chi connectivity index (χ2n) is 4.48. The van der Waals surface area contributed by atoms with E-state index >= 15 is 0 Å². The first-order valence-corrected chi connectivity index (χ1v) is 5.16. The molecule has 0 bridgehead atoms. The molecule has 0 aromatic carbocycles. The van der Waals surface area contributed by atoms with Crippen LogP contribution in [0.3, 0.4) is 0 Å². The van der Waals surface area contributed by atoms with Gasteiger partial charge in [0.1, 0.15) is 5.60 Å². The Balaban J connectivity index is 3.67. The Hall–Kier alpha value is -0.810. The minimum atomic E-state index is -0.470. The van der Waals surface area contributed by atoms with Crippen LogP contribution in [0.1, 0.15) is 27.7 Å². The standard InChI is InChI=1S/C10H22N2O3/c1-8(7-11-5-6-13)12-9(14)15-10(2,3)4/h8,11,13H,5-7H2,1-4H3,(H,12,14)/t8-/m1/s1. The second-order valence-corrected chi connectivity index (χ2v) is 4.48. The lowest BCUT2D eigenvalue weighted by molar-refractivity contribution is 0.0508. The van der Waals surface area contributed by atoms with E-state index in [2.05, 4.69) is 10.6 Å². The summed E-state index contributed by atoms with van der Waals surface area (Å²) in [5.74, 6) is 0. The molecule has 0 fully saturated rings. The number of hydrogen-bond donors (Lipinski definition) is 3. The van der Waals surface area contributed by atoms with E-state index in [-0.39, 0.29) is 12.6 Å². The average molecular weight is 218 g/mol. The monoisotopic (exact) mass is 218 g/mol. The highest BCUT2D eigenvalue weighted by atomic mass is 16.6. The summed E-state index contributed by atoms with van der Waals surface area (Å²) in [6.45, 7) is 8.57. The highest BCUT2D eigenvalue weighted by molar-refractivity contribution is 5.68. The molecule has 3 N–H and O–H groups in total. The summed E-state index contributed by atoms with van der Waals surface area (Å²) in [6, 6.07) is -0.0219. The van der Waals surface area contributed by atoms with E-state index in [9.17, 15) is 4.79 Å². The smallest absolute Gasteiger partial charge is 0.407 e. The lowest BCUT2D eigenvalue weighted by Gasteiger charge is -2.22. The van der Waals surface area contributed by atoms with Gasteiger partial charge in [0.15, 0.2) is 0 Å². The zero-order valence-corrected chi connectivity index (χ0v) is 9.96. The third-order valence-corrected chi connectivity index (χ3v) is 1.50. The number of carbonyl (C=O) groups excluding carboxylic acids is 1. The Morgan fingerprint density at radius 2 is 2.07 bits per heavy atom. The van der Waals surface area contributed by atoms with Gasteiger partial charge in [-0.05, 0) is 27.7 Å². The third-order valence-electron chi connectivity index (χ3n) is 1.50. The van der Waals surface area contributed by atoms with E-state index in [1.165, 1.54) is 0 Å². The van der Waals surface area contributed by atoms with E-state index < -0.39 is 11.7 Å². The van der Waals surface area contributed by atoms with E-state index in [1.54, 1.807) is 0 Å². The van der Waals surface area contributed by atoms with E-state index in [1.807, 2.05) is 27.7 Å². The zero-order chi connectivity index (χ0) is 11.9. The summed E-state index contributed by atoms with van der Waals surface area (Å²) in [4.78, 5) is 11.3. The minimum absolute atomic E-state index is 0.0219. The quantitative estimate of drug-likeness (QED) is 0.587. The van der Waals surface area contributed by atoms with Crippen molar-refractivity contribution in [2.45, 2.75) is 39.3 Å². The average Bonchev–Trinajstić information content (AvgIpc) is 2.00. The van der Waals surface area contributed by atoms with Crippen LogP contribution in [0.25, 0.3) is 0 Å².